The Kier molecular flexibility index (Phi) is 5.16. The highest BCUT2D eigenvalue weighted by molar-refractivity contribution is 7.10. The number of benzene rings is 1. The van der Waals surface area contributed by atoms with E-state index < -0.39 is 0 Å². The van der Waals surface area contributed by atoms with E-state index in [9.17, 15) is 4.79 Å². The van der Waals surface area contributed by atoms with Crippen LogP contribution in [-0.4, -0.2) is 30.6 Å². The van der Waals surface area contributed by atoms with Gasteiger partial charge < -0.3 is 14.8 Å². The summed E-state index contributed by atoms with van der Waals surface area (Å²) in [5.41, 5.74) is 2.35. The summed E-state index contributed by atoms with van der Waals surface area (Å²) in [5, 5.41) is 3.66. The first kappa shape index (κ1) is 15.3. The number of carbonyl (C=O) groups excluding carboxylic acids is 1. The zero-order valence-corrected chi connectivity index (χ0v) is 13.1. The maximum Gasteiger partial charge on any atom is 0.343 e. The van der Waals surface area contributed by atoms with Gasteiger partial charge in [-0.2, -0.15) is 4.37 Å². The average Bonchev–Trinajstić information content (AvgIpc) is 2.86. The van der Waals surface area contributed by atoms with Crippen LogP contribution in [0.5, 0.6) is 5.75 Å². The van der Waals surface area contributed by atoms with E-state index in [1.807, 2.05) is 31.2 Å². The van der Waals surface area contributed by atoms with Crippen LogP contribution in [-0.2, 0) is 4.74 Å². The smallest absolute Gasteiger partial charge is 0.343 e. The minimum atomic E-state index is -0.377. The van der Waals surface area contributed by atoms with Crippen LogP contribution in [0, 0.1) is 13.8 Å². The number of nitrogens with zero attached hydrogens (tertiary/aromatic N) is 1. The maximum absolute atomic E-state index is 12.0. The summed E-state index contributed by atoms with van der Waals surface area (Å²) in [6, 6.07) is 7.73. The summed E-state index contributed by atoms with van der Waals surface area (Å²) in [6.07, 6.45) is 0. The van der Waals surface area contributed by atoms with E-state index in [0.29, 0.717) is 17.9 Å². The fourth-order valence-corrected chi connectivity index (χ4v) is 2.51. The Balaban J connectivity index is 1.82. The second-order valence-electron chi connectivity index (χ2n) is 4.52. The molecule has 1 aromatic carbocycles. The lowest BCUT2D eigenvalue weighted by Gasteiger charge is -2.08. The minimum Gasteiger partial charge on any atom is -0.490 e. The van der Waals surface area contributed by atoms with E-state index in [2.05, 4.69) is 9.69 Å². The molecule has 0 aliphatic carbocycles. The number of rotatable bonds is 6. The van der Waals surface area contributed by atoms with Crippen molar-refractivity contribution in [2.45, 2.75) is 13.8 Å². The second-order valence-corrected chi connectivity index (χ2v) is 5.29. The number of hydrogen-bond donors (Lipinski definition) is 1. The zero-order valence-electron chi connectivity index (χ0n) is 12.3. The first-order chi connectivity index (χ1) is 10.1. The molecule has 0 aliphatic heterocycles. The Labute approximate surface area is 128 Å². The van der Waals surface area contributed by atoms with E-state index in [0.717, 1.165) is 10.8 Å². The fraction of sp³-hybridized carbons (Fsp3) is 0.333. The topological polar surface area (TPSA) is 60.5 Å². The molecule has 0 saturated heterocycles. The molecule has 0 aliphatic rings. The predicted molar refractivity (Wildman–Crippen MR) is 83.4 cm³/mol. The normalized spacial score (nSPS) is 10.2. The summed E-state index contributed by atoms with van der Waals surface area (Å²) >= 11 is 1.25. The number of carbonyl (C=O) groups is 1. The number of aryl methyl sites for hydroxylation is 2. The van der Waals surface area contributed by atoms with Gasteiger partial charge in [0.15, 0.2) is 0 Å². The van der Waals surface area contributed by atoms with Gasteiger partial charge in [0.1, 0.15) is 29.5 Å². The van der Waals surface area contributed by atoms with Gasteiger partial charge in [-0.05, 0) is 37.5 Å². The van der Waals surface area contributed by atoms with Gasteiger partial charge in [0.25, 0.3) is 0 Å². The summed E-state index contributed by atoms with van der Waals surface area (Å²) in [7, 11) is 1.75. The highest BCUT2D eigenvalue weighted by Gasteiger charge is 2.18. The van der Waals surface area contributed by atoms with Gasteiger partial charge >= 0.3 is 5.97 Å². The Morgan fingerprint density at radius 2 is 1.95 bits per heavy atom. The molecule has 1 aromatic heterocycles. The van der Waals surface area contributed by atoms with Crippen LogP contribution in [0.2, 0.25) is 0 Å². The molecule has 1 N–H and O–H groups in total. The number of esters is 1. The van der Waals surface area contributed by atoms with E-state index in [4.69, 9.17) is 9.47 Å². The van der Waals surface area contributed by atoms with Crippen LogP contribution in [0.3, 0.4) is 0 Å². The van der Waals surface area contributed by atoms with Crippen molar-refractivity contribution in [3.63, 3.8) is 0 Å². The number of nitrogens with one attached hydrogen (secondary N) is 1. The third-order valence-corrected chi connectivity index (χ3v) is 3.86. The van der Waals surface area contributed by atoms with Crippen LogP contribution >= 0.6 is 11.5 Å². The molecule has 0 radical (unpaired) electrons. The molecule has 0 spiro atoms. The Hall–Kier alpha value is -2.08. The van der Waals surface area contributed by atoms with Gasteiger partial charge in [-0.25, -0.2) is 4.79 Å². The maximum atomic E-state index is 12.0. The van der Waals surface area contributed by atoms with Crippen molar-refractivity contribution in [1.29, 1.82) is 0 Å². The van der Waals surface area contributed by atoms with Crippen molar-refractivity contribution in [1.82, 2.24) is 4.37 Å². The quantitative estimate of drug-likeness (QED) is 0.656. The molecule has 5 nitrogen and oxygen atoms in total. The second kappa shape index (κ2) is 7.08. The highest BCUT2D eigenvalue weighted by atomic mass is 32.1. The first-order valence-electron chi connectivity index (χ1n) is 6.62. The molecular formula is C15H18N2O3S. The Morgan fingerprint density at radius 1 is 1.24 bits per heavy atom. The third kappa shape index (κ3) is 3.95. The first-order valence-corrected chi connectivity index (χ1v) is 7.39. The molecule has 112 valence electrons. The van der Waals surface area contributed by atoms with E-state index in [1.54, 1.807) is 14.0 Å². The van der Waals surface area contributed by atoms with Crippen molar-refractivity contribution in [3.8, 4) is 5.75 Å². The molecule has 1 heterocycles. The lowest BCUT2D eigenvalue weighted by atomic mass is 10.2. The van der Waals surface area contributed by atoms with Gasteiger partial charge in [0.2, 0.25) is 0 Å². The molecule has 0 atom stereocenters. The molecule has 0 bridgehead atoms. The number of ether oxygens (including phenoxy) is 2. The molecular weight excluding hydrogens is 288 g/mol. The summed E-state index contributed by atoms with van der Waals surface area (Å²) in [4.78, 5) is 12.0. The zero-order chi connectivity index (χ0) is 15.2. The lowest BCUT2D eigenvalue weighted by molar-refractivity contribution is 0.0451. The van der Waals surface area contributed by atoms with Crippen LogP contribution in [0.25, 0.3) is 0 Å². The lowest BCUT2D eigenvalue weighted by Crippen LogP contribution is -2.13. The van der Waals surface area contributed by atoms with Crippen molar-refractivity contribution >= 4 is 22.5 Å². The number of anilines is 1. The highest BCUT2D eigenvalue weighted by Crippen LogP contribution is 2.24. The molecule has 2 rings (SSSR count). The number of hydrogen-bond acceptors (Lipinski definition) is 6. The van der Waals surface area contributed by atoms with Gasteiger partial charge in [0.05, 0.1) is 5.69 Å². The predicted octanol–water partition coefficient (Wildman–Crippen LogP) is 3.04. The Bertz CT molecular complexity index is 608. The van der Waals surface area contributed by atoms with Crippen molar-refractivity contribution in [2.75, 3.05) is 25.6 Å². The van der Waals surface area contributed by atoms with Crippen LogP contribution in [0.15, 0.2) is 24.3 Å². The average molecular weight is 306 g/mol. The van der Waals surface area contributed by atoms with Crippen molar-refractivity contribution < 1.29 is 14.3 Å². The fourth-order valence-electron chi connectivity index (χ4n) is 1.78. The van der Waals surface area contributed by atoms with Crippen molar-refractivity contribution in [3.05, 3.63) is 41.1 Å². The van der Waals surface area contributed by atoms with E-state index >= 15 is 0 Å². The monoisotopic (exact) mass is 306 g/mol. The SMILES string of the molecule is CNc1snc(C)c1C(=O)OCCOc1ccc(C)cc1. The van der Waals surface area contributed by atoms with E-state index in [1.165, 1.54) is 17.1 Å². The van der Waals surface area contributed by atoms with Crippen molar-refractivity contribution in [2.24, 2.45) is 0 Å². The number of aromatic nitrogens is 1. The largest absolute Gasteiger partial charge is 0.490 e. The van der Waals surface area contributed by atoms with Gasteiger partial charge in [-0.15, -0.1) is 0 Å². The minimum absolute atomic E-state index is 0.200. The van der Waals surface area contributed by atoms with Gasteiger partial charge in [-0.1, -0.05) is 17.7 Å². The summed E-state index contributed by atoms with van der Waals surface area (Å²) in [6.45, 7) is 4.32. The van der Waals surface area contributed by atoms with Crippen LogP contribution in [0.1, 0.15) is 21.6 Å². The summed E-state index contributed by atoms with van der Waals surface area (Å²) < 4.78 is 14.9. The van der Waals surface area contributed by atoms with Gasteiger partial charge in [0, 0.05) is 7.05 Å². The summed E-state index contributed by atoms with van der Waals surface area (Å²) in [5.74, 6) is 0.388. The molecule has 2 aromatic rings. The molecule has 0 fully saturated rings. The van der Waals surface area contributed by atoms with E-state index in [-0.39, 0.29) is 12.6 Å². The molecule has 21 heavy (non-hydrogen) atoms. The molecule has 6 heteroatoms. The Morgan fingerprint density at radius 3 is 2.62 bits per heavy atom. The third-order valence-electron chi connectivity index (χ3n) is 2.90. The standard InChI is InChI=1S/C15H18N2O3S/c1-10-4-6-12(7-5-10)19-8-9-20-15(18)13-11(2)17-21-14(13)16-3/h4-7,16H,8-9H2,1-3H3. The molecule has 0 saturated carbocycles. The molecule has 0 amide bonds. The van der Waals surface area contributed by atoms with Crippen LogP contribution < -0.4 is 10.1 Å². The van der Waals surface area contributed by atoms with Crippen LogP contribution in [0.4, 0.5) is 5.00 Å². The van der Waals surface area contributed by atoms with Gasteiger partial charge in [-0.3, -0.25) is 0 Å². The molecule has 0 unspecified atom stereocenters.